The second kappa shape index (κ2) is 8.36. The van der Waals surface area contributed by atoms with Crippen LogP contribution in [-0.4, -0.2) is 37.0 Å². The molecule has 1 fully saturated rings. The number of fused-ring (bicyclic) bond motifs is 1. The first-order chi connectivity index (χ1) is 14.3. The fraction of sp³-hybridized carbons (Fsp3) is 0.250. The van der Waals surface area contributed by atoms with Crippen LogP contribution in [-0.2, 0) is 4.74 Å². The van der Waals surface area contributed by atoms with Gasteiger partial charge in [-0.3, -0.25) is 14.4 Å². The Bertz CT molecular complexity index is 1040. The third kappa shape index (κ3) is 3.57. The monoisotopic (exact) mass is 486 g/mol. The number of imide groups is 1. The fourth-order valence-electron chi connectivity index (χ4n) is 3.48. The smallest absolute Gasteiger partial charge is 0.267 e. The lowest BCUT2D eigenvalue weighted by Gasteiger charge is -2.15. The van der Waals surface area contributed by atoms with Gasteiger partial charge in [-0.2, -0.15) is 0 Å². The average Bonchev–Trinajstić information content (AvgIpc) is 3.35. The number of rotatable bonds is 4. The van der Waals surface area contributed by atoms with E-state index in [2.05, 4.69) is 5.32 Å². The molecule has 2 aromatic rings. The third-order valence-electron chi connectivity index (χ3n) is 4.98. The molecule has 30 heavy (non-hydrogen) atoms. The molecule has 10 heteroatoms. The minimum Gasteiger partial charge on any atom is -0.376 e. The predicted molar refractivity (Wildman–Crippen MR) is 115 cm³/mol. The number of hydrogen-bond donors (Lipinski definition) is 1. The van der Waals surface area contributed by atoms with Crippen LogP contribution in [0.5, 0.6) is 0 Å². The zero-order valence-corrected chi connectivity index (χ0v) is 18.3. The zero-order chi connectivity index (χ0) is 21.6. The molecule has 2 aliphatic heterocycles. The molecule has 1 N–H and O–H groups in total. The molecule has 0 unspecified atom stereocenters. The number of carbonyl (C=O) groups is 3. The van der Waals surface area contributed by atoms with Gasteiger partial charge >= 0.3 is 0 Å². The average molecular weight is 488 g/mol. The molecule has 0 saturated carbocycles. The number of amides is 3. The van der Waals surface area contributed by atoms with Crippen LogP contribution >= 0.6 is 46.4 Å². The molecule has 4 rings (SSSR count). The van der Waals surface area contributed by atoms with Crippen LogP contribution in [0.15, 0.2) is 24.3 Å². The maximum atomic E-state index is 13.0. The van der Waals surface area contributed by atoms with E-state index in [0.29, 0.717) is 13.2 Å². The first-order valence-corrected chi connectivity index (χ1v) is 10.6. The number of hydrogen-bond acceptors (Lipinski definition) is 4. The van der Waals surface area contributed by atoms with E-state index in [-0.39, 0.29) is 54.5 Å². The van der Waals surface area contributed by atoms with Gasteiger partial charge in [0.2, 0.25) is 0 Å². The first-order valence-electron chi connectivity index (χ1n) is 9.05. The van der Waals surface area contributed by atoms with Gasteiger partial charge in [-0.05, 0) is 31.0 Å². The van der Waals surface area contributed by atoms with Gasteiger partial charge in [-0.15, -0.1) is 0 Å². The molecular formula is C20H14Cl4N2O4. The second-order valence-electron chi connectivity index (χ2n) is 6.85. The highest BCUT2D eigenvalue weighted by Gasteiger charge is 2.42. The highest BCUT2D eigenvalue weighted by atomic mass is 35.5. The summed E-state index contributed by atoms with van der Waals surface area (Å²) in [7, 11) is 0. The highest BCUT2D eigenvalue weighted by molar-refractivity contribution is 6.56. The third-order valence-corrected chi connectivity index (χ3v) is 6.78. The van der Waals surface area contributed by atoms with Gasteiger partial charge in [0.1, 0.15) is 0 Å². The molecular weight excluding hydrogens is 474 g/mol. The summed E-state index contributed by atoms with van der Waals surface area (Å²) in [5.41, 5.74) is 0.254. The Kier molecular flexibility index (Phi) is 5.97. The molecule has 2 aliphatic rings. The maximum absolute atomic E-state index is 13.0. The molecule has 6 nitrogen and oxygen atoms in total. The van der Waals surface area contributed by atoms with E-state index in [4.69, 9.17) is 51.1 Å². The van der Waals surface area contributed by atoms with Gasteiger partial charge in [0.25, 0.3) is 17.7 Å². The predicted octanol–water partition coefficient (Wildman–Crippen LogP) is 5.01. The number of benzene rings is 2. The van der Waals surface area contributed by atoms with Crippen LogP contribution in [0, 0.1) is 0 Å². The van der Waals surface area contributed by atoms with E-state index in [9.17, 15) is 14.4 Å². The van der Waals surface area contributed by atoms with E-state index in [0.717, 1.165) is 17.7 Å². The molecule has 0 bridgehead atoms. The maximum Gasteiger partial charge on any atom is 0.267 e. The number of nitrogens with zero attached hydrogens (tertiary/aromatic N) is 1. The Hall–Kier alpha value is -1.83. The van der Waals surface area contributed by atoms with Crippen molar-refractivity contribution in [1.29, 1.82) is 0 Å². The Balaban J connectivity index is 1.63. The van der Waals surface area contributed by atoms with E-state index in [1.807, 2.05) is 0 Å². The van der Waals surface area contributed by atoms with Gasteiger partial charge in [0.05, 0.1) is 43.0 Å². The molecule has 2 aromatic carbocycles. The molecule has 0 aliphatic carbocycles. The lowest BCUT2D eigenvalue weighted by molar-refractivity contribution is 0.0856. The van der Waals surface area contributed by atoms with Crippen molar-refractivity contribution in [2.45, 2.75) is 18.9 Å². The van der Waals surface area contributed by atoms with Gasteiger partial charge in [0, 0.05) is 18.7 Å². The number of anilines is 1. The van der Waals surface area contributed by atoms with Crippen molar-refractivity contribution >= 4 is 69.8 Å². The van der Waals surface area contributed by atoms with Crippen molar-refractivity contribution in [3.8, 4) is 0 Å². The van der Waals surface area contributed by atoms with E-state index in [1.54, 1.807) is 12.1 Å². The Labute approximate surface area is 192 Å². The summed E-state index contributed by atoms with van der Waals surface area (Å²) in [5.74, 6) is -1.74. The van der Waals surface area contributed by atoms with Crippen LogP contribution < -0.4 is 10.2 Å². The summed E-state index contributed by atoms with van der Waals surface area (Å²) in [6.45, 7) is 1.08. The van der Waals surface area contributed by atoms with E-state index < -0.39 is 11.8 Å². The van der Waals surface area contributed by atoms with Gasteiger partial charge < -0.3 is 10.1 Å². The normalized spacial score (nSPS) is 18.1. The standard InChI is InChI=1S/C20H14Cl4N2O4/c21-14-12-13(15(22)17(24)16(14)23)20(29)26(19(12)28)10-4-1-3-9(7-10)18(27)25-8-11-5-2-6-30-11/h1,3-4,7,11H,2,5-6,8H2,(H,25,27)/t11-/m1/s1. The Morgan fingerprint density at radius 3 is 2.23 bits per heavy atom. The number of halogens is 4. The number of ether oxygens (including phenoxy) is 1. The molecule has 0 radical (unpaired) electrons. The second-order valence-corrected chi connectivity index (χ2v) is 8.36. The van der Waals surface area contributed by atoms with Gasteiger partial charge in [-0.1, -0.05) is 52.5 Å². The van der Waals surface area contributed by atoms with Crippen molar-refractivity contribution in [3.05, 3.63) is 61.0 Å². The highest BCUT2D eigenvalue weighted by Crippen LogP contribution is 2.45. The summed E-state index contributed by atoms with van der Waals surface area (Å²) in [6.07, 6.45) is 1.85. The SMILES string of the molecule is O=C(NC[C@H]1CCCO1)c1cccc(N2C(=O)c3c(Cl)c(Cl)c(Cl)c(Cl)c3C2=O)c1. The van der Waals surface area contributed by atoms with Gasteiger partial charge in [-0.25, -0.2) is 4.90 Å². The van der Waals surface area contributed by atoms with Crippen LogP contribution in [0.1, 0.15) is 43.9 Å². The Morgan fingerprint density at radius 1 is 1.03 bits per heavy atom. The van der Waals surface area contributed by atoms with Crippen LogP contribution in [0.2, 0.25) is 20.1 Å². The number of nitrogens with one attached hydrogen (secondary N) is 1. The summed E-state index contributed by atoms with van der Waals surface area (Å²) < 4.78 is 5.49. The lowest BCUT2D eigenvalue weighted by atomic mass is 10.1. The molecule has 0 spiro atoms. The van der Waals surface area contributed by atoms with Gasteiger partial charge in [0.15, 0.2) is 0 Å². The molecule has 2 heterocycles. The largest absolute Gasteiger partial charge is 0.376 e. The summed E-state index contributed by atoms with van der Waals surface area (Å²) in [5, 5.41) is 2.30. The van der Waals surface area contributed by atoms with Crippen molar-refractivity contribution in [2.75, 3.05) is 18.1 Å². The summed E-state index contributed by atoms with van der Waals surface area (Å²) >= 11 is 24.4. The van der Waals surface area contributed by atoms with Crippen molar-refractivity contribution in [1.82, 2.24) is 5.32 Å². The van der Waals surface area contributed by atoms with Crippen LogP contribution in [0.4, 0.5) is 5.69 Å². The van der Waals surface area contributed by atoms with Crippen LogP contribution in [0.3, 0.4) is 0 Å². The fourth-order valence-corrected chi connectivity index (χ4v) is 4.50. The molecule has 0 aromatic heterocycles. The molecule has 1 atom stereocenters. The summed E-state index contributed by atoms with van der Waals surface area (Å²) in [6, 6.07) is 6.13. The Morgan fingerprint density at radius 2 is 1.67 bits per heavy atom. The minimum absolute atomic E-state index is 0.00727. The molecule has 1 saturated heterocycles. The minimum atomic E-state index is -0.697. The molecule has 3 amide bonds. The zero-order valence-electron chi connectivity index (χ0n) is 15.3. The van der Waals surface area contributed by atoms with Crippen LogP contribution in [0.25, 0.3) is 0 Å². The first kappa shape index (κ1) is 21.4. The van der Waals surface area contributed by atoms with Crippen molar-refractivity contribution in [3.63, 3.8) is 0 Å². The van der Waals surface area contributed by atoms with E-state index in [1.165, 1.54) is 12.1 Å². The quantitative estimate of drug-likeness (QED) is 0.373. The van der Waals surface area contributed by atoms with E-state index >= 15 is 0 Å². The topological polar surface area (TPSA) is 75.7 Å². The van der Waals surface area contributed by atoms with Crippen molar-refractivity contribution < 1.29 is 19.1 Å². The lowest BCUT2D eigenvalue weighted by Crippen LogP contribution is -2.32. The summed E-state index contributed by atoms with van der Waals surface area (Å²) in [4.78, 5) is 39.3. The van der Waals surface area contributed by atoms with Crippen molar-refractivity contribution in [2.24, 2.45) is 0 Å². The number of carbonyl (C=O) groups excluding carboxylic acids is 3. The molecule has 156 valence electrons.